The van der Waals surface area contributed by atoms with Crippen LogP contribution in [0.15, 0.2) is 12.1 Å². The zero-order valence-corrected chi connectivity index (χ0v) is 8.84. The molecule has 1 rings (SSSR count). The number of nitrogen functional groups attached to an aromatic ring is 1. The minimum absolute atomic E-state index is 0.0894. The van der Waals surface area contributed by atoms with Crippen LogP contribution in [0.1, 0.15) is 29.3 Å². The van der Waals surface area contributed by atoms with Crippen LogP contribution in [-0.2, 0) is 4.74 Å². The van der Waals surface area contributed by atoms with Crippen molar-refractivity contribution in [1.29, 1.82) is 0 Å². The van der Waals surface area contributed by atoms with E-state index < -0.39 is 11.8 Å². The quantitative estimate of drug-likeness (QED) is 0.616. The Kier molecular flexibility index (Phi) is 3.66. The molecule has 4 heteroatoms. The van der Waals surface area contributed by atoms with Crippen molar-refractivity contribution in [1.82, 2.24) is 0 Å². The highest BCUT2D eigenvalue weighted by atomic mass is 19.1. The van der Waals surface area contributed by atoms with E-state index in [2.05, 4.69) is 0 Å². The lowest BCUT2D eigenvalue weighted by Gasteiger charge is -2.07. The van der Waals surface area contributed by atoms with Gasteiger partial charge in [-0.15, -0.1) is 0 Å². The van der Waals surface area contributed by atoms with E-state index in [1.54, 1.807) is 6.92 Å². The molecule has 0 radical (unpaired) electrons. The third-order valence-electron chi connectivity index (χ3n) is 1.99. The monoisotopic (exact) mass is 211 g/mol. The van der Waals surface area contributed by atoms with Gasteiger partial charge in [-0.05, 0) is 31.0 Å². The molecule has 3 nitrogen and oxygen atoms in total. The van der Waals surface area contributed by atoms with Gasteiger partial charge in [0.25, 0.3) is 0 Å². The summed E-state index contributed by atoms with van der Waals surface area (Å²) in [5.41, 5.74) is 6.35. The standard InChI is InChI=1S/C11H14FNO2/c1-3-4-15-11(14)8-6-9(12)7(2)5-10(8)13/h5-6H,3-4,13H2,1-2H3. The molecule has 0 saturated heterocycles. The maximum absolute atomic E-state index is 13.2. The van der Waals surface area contributed by atoms with E-state index in [0.717, 1.165) is 12.5 Å². The van der Waals surface area contributed by atoms with Gasteiger partial charge in [0.2, 0.25) is 0 Å². The highest BCUT2D eigenvalue weighted by Gasteiger charge is 2.13. The first-order chi connectivity index (χ1) is 7.06. The molecule has 0 aliphatic rings. The van der Waals surface area contributed by atoms with Gasteiger partial charge < -0.3 is 10.5 Å². The number of aryl methyl sites for hydroxylation is 1. The van der Waals surface area contributed by atoms with Crippen LogP contribution in [0.2, 0.25) is 0 Å². The summed E-state index contributed by atoms with van der Waals surface area (Å²) in [6.07, 6.45) is 0.722. The van der Waals surface area contributed by atoms with Gasteiger partial charge in [-0.3, -0.25) is 0 Å². The zero-order valence-electron chi connectivity index (χ0n) is 8.84. The molecule has 82 valence electrons. The van der Waals surface area contributed by atoms with E-state index in [1.165, 1.54) is 6.07 Å². The Bertz CT molecular complexity index is 377. The predicted molar refractivity (Wildman–Crippen MR) is 56.1 cm³/mol. The molecular formula is C11H14FNO2. The number of benzene rings is 1. The van der Waals surface area contributed by atoms with Gasteiger partial charge in [0.15, 0.2) is 0 Å². The molecule has 1 aromatic carbocycles. The Labute approximate surface area is 88.0 Å². The van der Waals surface area contributed by atoms with E-state index in [4.69, 9.17) is 10.5 Å². The number of halogens is 1. The van der Waals surface area contributed by atoms with Crippen molar-refractivity contribution >= 4 is 11.7 Å². The summed E-state index contributed by atoms with van der Waals surface area (Å²) < 4.78 is 18.0. The van der Waals surface area contributed by atoms with Crippen LogP contribution in [0.5, 0.6) is 0 Å². The highest BCUT2D eigenvalue weighted by Crippen LogP contribution is 2.18. The number of carbonyl (C=O) groups is 1. The lowest BCUT2D eigenvalue weighted by Crippen LogP contribution is -2.09. The molecule has 0 bridgehead atoms. The van der Waals surface area contributed by atoms with Crippen molar-refractivity contribution in [2.45, 2.75) is 20.3 Å². The topological polar surface area (TPSA) is 52.3 Å². The van der Waals surface area contributed by atoms with E-state index in [0.29, 0.717) is 12.2 Å². The van der Waals surface area contributed by atoms with Crippen molar-refractivity contribution in [3.63, 3.8) is 0 Å². The van der Waals surface area contributed by atoms with Crippen LogP contribution in [0.4, 0.5) is 10.1 Å². The Morgan fingerprint density at radius 3 is 2.80 bits per heavy atom. The molecule has 1 aromatic rings. The Morgan fingerprint density at radius 2 is 2.20 bits per heavy atom. The van der Waals surface area contributed by atoms with Crippen molar-refractivity contribution in [3.8, 4) is 0 Å². The summed E-state index contributed by atoms with van der Waals surface area (Å²) in [6.45, 7) is 3.78. The first-order valence-electron chi connectivity index (χ1n) is 4.79. The smallest absolute Gasteiger partial charge is 0.340 e. The Hall–Kier alpha value is -1.58. The second-order valence-corrected chi connectivity index (χ2v) is 3.32. The van der Waals surface area contributed by atoms with Crippen LogP contribution in [0.3, 0.4) is 0 Å². The number of rotatable bonds is 3. The molecule has 0 saturated carbocycles. The van der Waals surface area contributed by atoms with Crippen molar-refractivity contribution in [3.05, 3.63) is 29.1 Å². The van der Waals surface area contributed by atoms with E-state index in [-0.39, 0.29) is 11.3 Å². The average Bonchev–Trinajstić information content (AvgIpc) is 2.20. The molecule has 0 aliphatic heterocycles. The third kappa shape index (κ3) is 2.68. The van der Waals surface area contributed by atoms with Crippen LogP contribution >= 0.6 is 0 Å². The van der Waals surface area contributed by atoms with Gasteiger partial charge in [-0.25, -0.2) is 9.18 Å². The van der Waals surface area contributed by atoms with E-state index in [9.17, 15) is 9.18 Å². The van der Waals surface area contributed by atoms with Crippen LogP contribution in [-0.4, -0.2) is 12.6 Å². The van der Waals surface area contributed by atoms with Gasteiger partial charge in [0.1, 0.15) is 5.82 Å². The second-order valence-electron chi connectivity index (χ2n) is 3.32. The fourth-order valence-corrected chi connectivity index (χ4v) is 1.15. The molecule has 0 amide bonds. The summed E-state index contributed by atoms with van der Waals surface area (Å²) in [5, 5.41) is 0. The molecule has 2 N–H and O–H groups in total. The van der Waals surface area contributed by atoms with Crippen LogP contribution < -0.4 is 5.73 Å². The summed E-state index contributed by atoms with van der Waals surface area (Å²) in [4.78, 5) is 11.4. The van der Waals surface area contributed by atoms with Gasteiger partial charge in [0, 0.05) is 5.69 Å². The average molecular weight is 211 g/mol. The summed E-state index contributed by atoms with van der Waals surface area (Å²) >= 11 is 0. The summed E-state index contributed by atoms with van der Waals surface area (Å²) in [7, 11) is 0. The summed E-state index contributed by atoms with van der Waals surface area (Å²) in [6, 6.07) is 2.54. The van der Waals surface area contributed by atoms with Crippen LogP contribution in [0.25, 0.3) is 0 Å². The molecule has 0 atom stereocenters. The van der Waals surface area contributed by atoms with Gasteiger partial charge in [0.05, 0.1) is 12.2 Å². The normalized spacial score (nSPS) is 10.1. The maximum Gasteiger partial charge on any atom is 0.340 e. The first kappa shape index (κ1) is 11.5. The van der Waals surface area contributed by atoms with Gasteiger partial charge >= 0.3 is 5.97 Å². The molecule has 0 heterocycles. The molecular weight excluding hydrogens is 197 g/mol. The van der Waals surface area contributed by atoms with Crippen molar-refractivity contribution in [2.24, 2.45) is 0 Å². The predicted octanol–water partition coefficient (Wildman–Crippen LogP) is 2.28. The van der Waals surface area contributed by atoms with Gasteiger partial charge in [-0.1, -0.05) is 6.92 Å². The lowest BCUT2D eigenvalue weighted by molar-refractivity contribution is 0.0506. The lowest BCUT2D eigenvalue weighted by atomic mass is 10.1. The number of ether oxygens (including phenoxy) is 1. The number of carbonyl (C=O) groups excluding carboxylic acids is 1. The molecule has 0 aromatic heterocycles. The second kappa shape index (κ2) is 4.77. The number of anilines is 1. The fraction of sp³-hybridized carbons (Fsp3) is 0.364. The Balaban J connectivity index is 2.94. The molecule has 0 aliphatic carbocycles. The number of nitrogens with two attached hydrogens (primary N) is 1. The Morgan fingerprint density at radius 1 is 1.53 bits per heavy atom. The number of esters is 1. The van der Waals surface area contributed by atoms with E-state index in [1.807, 2.05) is 6.92 Å². The third-order valence-corrected chi connectivity index (χ3v) is 1.99. The largest absolute Gasteiger partial charge is 0.462 e. The minimum atomic E-state index is -0.576. The number of hydrogen-bond donors (Lipinski definition) is 1. The molecule has 15 heavy (non-hydrogen) atoms. The highest BCUT2D eigenvalue weighted by molar-refractivity contribution is 5.95. The van der Waals surface area contributed by atoms with E-state index >= 15 is 0 Å². The van der Waals surface area contributed by atoms with Gasteiger partial charge in [-0.2, -0.15) is 0 Å². The minimum Gasteiger partial charge on any atom is -0.462 e. The fourth-order valence-electron chi connectivity index (χ4n) is 1.15. The molecule has 0 unspecified atom stereocenters. The molecule has 0 spiro atoms. The number of hydrogen-bond acceptors (Lipinski definition) is 3. The van der Waals surface area contributed by atoms with Crippen molar-refractivity contribution in [2.75, 3.05) is 12.3 Å². The maximum atomic E-state index is 13.2. The summed E-state index contributed by atoms with van der Waals surface area (Å²) in [5.74, 6) is -1.03. The van der Waals surface area contributed by atoms with Crippen LogP contribution in [0, 0.1) is 12.7 Å². The SMILES string of the molecule is CCCOC(=O)c1cc(F)c(C)cc1N. The molecule has 0 fully saturated rings. The first-order valence-corrected chi connectivity index (χ1v) is 4.79. The zero-order chi connectivity index (χ0) is 11.4. The van der Waals surface area contributed by atoms with Crippen molar-refractivity contribution < 1.29 is 13.9 Å².